The van der Waals surface area contributed by atoms with Crippen LogP contribution in [0.5, 0.6) is 0 Å². The molecule has 1 atom stereocenters. The third-order valence-corrected chi connectivity index (χ3v) is 2.80. The predicted molar refractivity (Wildman–Crippen MR) is 48.5 cm³/mol. The lowest BCUT2D eigenvalue weighted by molar-refractivity contribution is -0.384. The van der Waals surface area contributed by atoms with Gasteiger partial charge in [-0.3, -0.25) is 14.7 Å². The van der Waals surface area contributed by atoms with E-state index in [-0.39, 0.29) is 11.0 Å². The van der Waals surface area contributed by atoms with E-state index < -0.39 is 12.3 Å². The summed E-state index contributed by atoms with van der Waals surface area (Å²) in [4.78, 5) is 18.8. The van der Waals surface area contributed by atoms with Crippen LogP contribution in [-0.4, -0.2) is 16.5 Å². The Labute approximate surface area is 74.6 Å². The second kappa shape index (κ2) is 3.28. The zero-order chi connectivity index (χ0) is 10.1. The molecule has 5 nitrogen and oxygen atoms in total. The van der Waals surface area contributed by atoms with E-state index >= 15 is 0 Å². The van der Waals surface area contributed by atoms with Crippen molar-refractivity contribution in [2.75, 3.05) is 6.66 Å². The molecule has 0 amide bonds. The van der Waals surface area contributed by atoms with Crippen molar-refractivity contribution in [2.24, 2.45) is 0 Å². The first-order valence-electron chi connectivity index (χ1n) is 3.46. The van der Waals surface area contributed by atoms with Gasteiger partial charge in [0.05, 0.1) is 4.92 Å². The Hall–Kier alpha value is -1.19. The van der Waals surface area contributed by atoms with Crippen molar-refractivity contribution in [3.8, 4) is 0 Å². The van der Waals surface area contributed by atoms with Crippen LogP contribution in [0.2, 0.25) is 0 Å². The Morgan fingerprint density at radius 1 is 1.38 bits per heavy atom. The monoisotopic (exact) mass is 201 g/mol. The van der Waals surface area contributed by atoms with Crippen molar-refractivity contribution in [2.45, 2.75) is 0 Å². The molecule has 0 radical (unpaired) electrons. The minimum Gasteiger partial charge on any atom is -0.341 e. The molecule has 0 aliphatic carbocycles. The lowest BCUT2D eigenvalue weighted by atomic mass is 10.3. The van der Waals surface area contributed by atoms with Gasteiger partial charge in [0.25, 0.3) is 5.69 Å². The van der Waals surface area contributed by atoms with Crippen molar-refractivity contribution in [1.82, 2.24) is 0 Å². The summed E-state index contributed by atoms with van der Waals surface area (Å²) in [5, 5.41) is 10.5. The molecule has 1 aromatic carbocycles. The summed E-state index contributed by atoms with van der Waals surface area (Å²) in [7, 11) is -3.29. The topological polar surface area (TPSA) is 80.4 Å². The summed E-state index contributed by atoms with van der Waals surface area (Å²) in [6.45, 7) is 1.19. The number of hydrogen-bond acceptors (Lipinski definition) is 3. The van der Waals surface area contributed by atoms with Crippen LogP contribution in [0.1, 0.15) is 0 Å². The molecule has 6 heteroatoms. The van der Waals surface area contributed by atoms with Gasteiger partial charge in [0.15, 0.2) is 0 Å². The van der Waals surface area contributed by atoms with Gasteiger partial charge in [-0.05, 0) is 12.1 Å². The molecule has 0 heterocycles. The Morgan fingerprint density at radius 2 is 1.85 bits per heavy atom. The molecule has 0 fully saturated rings. The van der Waals surface area contributed by atoms with Gasteiger partial charge in [0.2, 0.25) is 7.37 Å². The van der Waals surface area contributed by atoms with Crippen molar-refractivity contribution >= 4 is 18.4 Å². The van der Waals surface area contributed by atoms with Gasteiger partial charge in [-0.15, -0.1) is 0 Å². The third kappa shape index (κ3) is 2.37. The zero-order valence-electron chi connectivity index (χ0n) is 6.88. The van der Waals surface area contributed by atoms with E-state index in [2.05, 4.69) is 0 Å². The van der Waals surface area contributed by atoms with E-state index in [4.69, 9.17) is 4.89 Å². The second-order valence-electron chi connectivity index (χ2n) is 2.65. The van der Waals surface area contributed by atoms with Gasteiger partial charge in [0, 0.05) is 24.1 Å². The summed E-state index contributed by atoms with van der Waals surface area (Å²) in [6, 6.07) is 5.00. The smallest absolute Gasteiger partial charge is 0.269 e. The van der Waals surface area contributed by atoms with E-state index in [9.17, 15) is 14.7 Å². The van der Waals surface area contributed by atoms with Crippen LogP contribution < -0.4 is 5.30 Å². The second-order valence-corrected chi connectivity index (χ2v) is 4.93. The van der Waals surface area contributed by atoms with E-state index in [1.807, 2.05) is 0 Å². The van der Waals surface area contributed by atoms with Crippen LogP contribution in [0.3, 0.4) is 0 Å². The van der Waals surface area contributed by atoms with Crippen molar-refractivity contribution in [1.29, 1.82) is 0 Å². The van der Waals surface area contributed by atoms with Crippen molar-refractivity contribution < 1.29 is 14.4 Å². The Bertz CT molecular complexity index is 367. The fraction of sp³-hybridized carbons (Fsp3) is 0.143. The van der Waals surface area contributed by atoms with Crippen LogP contribution in [0.15, 0.2) is 24.3 Å². The molecule has 0 aromatic heterocycles. The van der Waals surface area contributed by atoms with Crippen LogP contribution >= 0.6 is 7.37 Å². The summed E-state index contributed by atoms with van der Waals surface area (Å²) in [5.41, 5.74) is -0.0859. The molecule has 0 aliphatic rings. The zero-order valence-corrected chi connectivity index (χ0v) is 7.77. The van der Waals surface area contributed by atoms with Crippen LogP contribution in [-0.2, 0) is 4.57 Å². The van der Waals surface area contributed by atoms with E-state index in [0.29, 0.717) is 0 Å². The molecule has 0 saturated heterocycles. The molecular weight excluding hydrogens is 193 g/mol. The summed E-state index contributed by atoms with van der Waals surface area (Å²) in [5.74, 6) is 0. The molecule has 0 saturated carbocycles. The molecule has 1 unspecified atom stereocenters. The number of nitro benzene ring substituents is 1. The highest BCUT2D eigenvalue weighted by Crippen LogP contribution is 2.33. The first kappa shape index (κ1) is 9.89. The van der Waals surface area contributed by atoms with Crippen LogP contribution in [0, 0.1) is 10.1 Å². The number of benzene rings is 1. The molecule has 0 bridgehead atoms. The fourth-order valence-electron chi connectivity index (χ4n) is 0.851. The summed E-state index contributed by atoms with van der Waals surface area (Å²) < 4.78 is 11.1. The quantitative estimate of drug-likeness (QED) is 0.441. The first-order valence-corrected chi connectivity index (χ1v) is 5.57. The molecule has 0 spiro atoms. The van der Waals surface area contributed by atoms with Crippen molar-refractivity contribution in [3.63, 3.8) is 0 Å². The molecular formula is C7H8NO4P. The number of nitro groups is 1. The number of non-ortho nitro benzene ring substituents is 1. The minimum atomic E-state index is -3.29. The number of rotatable bonds is 2. The predicted octanol–water partition coefficient (Wildman–Crippen LogP) is 1.12. The number of hydrogen-bond donors (Lipinski definition) is 1. The SMILES string of the molecule is CP(=O)(O)c1ccc([N+](=O)[O-])cc1. The standard InChI is InChI=1S/C7H8NO4P/c1-13(11,12)7-4-2-6(3-5-7)8(9)10/h2-5H,1H3,(H,11,12). The average molecular weight is 201 g/mol. The maximum absolute atomic E-state index is 11.1. The van der Waals surface area contributed by atoms with Gasteiger partial charge in [0.1, 0.15) is 0 Å². The number of nitrogens with zero attached hydrogens (tertiary/aromatic N) is 1. The van der Waals surface area contributed by atoms with E-state index in [1.54, 1.807) is 0 Å². The van der Waals surface area contributed by atoms with Crippen LogP contribution in [0.25, 0.3) is 0 Å². The first-order chi connectivity index (χ1) is 5.91. The van der Waals surface area contributed by atoms with Gasteiger partial charge < -0.3 is 4.89 Å². The average Bonchev–Trinajstić information content (AvgIpc) is 2.03. The van der Waals surface area contributed by atoms with Crippen molar-refractivity contribution in [3.05, 3.63) is 34.4 Å². The lowest BCUT2D eigenvalue weighted by Crippen LogP contribution is -2.02. The minimum absolute atomic E-state index is 0.0859. The Balaban J connectivity index is 3.08. The Kier molecular flexibility index (Phi) is 2.50. The summed E-state index contributed by atoms with van der Waals surface area (Å²) in [6.07, 6.45) is 0. The summed E-state index contributed by atoms with van der Waals surface area (Å²) >= 11 is 0. The van der Waals surface area contributed by atoms with Gasteiger partial charge in [-0.2, -0.15) is 0 Å². The van der Waals surface area contributed by atoms with Gasteiger partial charge >= 0.3 is 0 Å². The maximum Gasteiger partial charge on any atom is 0.269 e. The normalized spacial score (nSPS) is 14.9. The highest BCUT2D eigenvalue weighted by molar-refractivity contribution is 7.65. The lowest BCUT2D eigenvalue weighted by Gasteiger charge is -2.03. The Morgan fingerprint density at radius 3 is 2.15 bits per heavy atom. The third-order valence-electron chi connectivity index (χ3n) is 1.54. The van der Waals surface area contributed by atoms with E-state index in [0.717, 1.165) is 0 Å². The molecule has 70 valence electrons. The maximum atomic E-state index is 11.1. The molecule has 1 aromatic rings. The van der Waals surface area contributed by atoms with Gasteiger partial charge in [-0.1, -0.05) is 0 Å². The highest BCUT2D eigenvalue weighted by atomic mass is 31.2. The molecule has 13 heavy (non-hydrogen) atoms. The fourth-order valence-corrected chi connectivity index (χ4v) is 1.55. The molecule has 0 aliphatic heterocycles. The largest absolute Gasteiger partial charge is 0.341 e. The molecule has 1 N–H and O–H groups in total. The van der Waals surface area contributed by atoms with Crippen LogP contribution in [0.4, 0.5) is 5.69 Å². The van der Waals surface area contributed by atoms with E-state index in [1.165, 1.54) is 30.9 Å². The molecule has 1 rings (SSSR count). The highest BCUT2D eigenvalue weighted by Gasteiger charge is 2.14. The van der Waals surface area contributed by atoms with Gasteiger partial charge in [-0.25, -0.2) is 0 Å².